The average molecular weight is 289 g/mol. The van der Waals surface area contributed by atoms with E-state index >= 15 is 0 Å². The minimum atomic E-state index is -3.85. The van der Waals surface area contributed by atoms with Crippen LogP contribution in [0.4, 0.5) is 5.69 Å². The second kappa shape index (κ2) is 5.26. The Labute approximate surface area is 116 Å². The normalized spacial score (nSPS) is 11.0. The quantitative estimate of drug-likeness (QED) is 0.640. The molecule has 20 heavy (non-hydrogen) atoms. The maximum Gasteiger partial charge on any atom is 0.277 e. The van der Waals surface area contributed by atoms with Crippen molar-refractivity contribution in [1.29, 1.82) is 0 Å². The molecule has 0 fully saturated rings. The molecule has 2 aromatic carbocycles. The van der Waals surface area contributed by atoms with Gasteiger partial charge < -0.3 is 0 Å². The Morgan fingerprint density at radius 1 is 1.00 bits per heavy atom. The Balaban J connectivity index is 2.55. The van der Waals surface area contributed by atoms with Crippen LogP contribution >= 0.6 is 0 Å². The van der Waals surface area contributed by atoms with Crippen LogP contribution in [0.3, 0.4) is 0 Å². The standard InChI is InChI=1S/C14H11NO4S/c1-11(13-9-5-6-10-14(13)15(16)17)20(18,19)12-7-3-2-4-8-12/h2-10H,1H2. The molecule has 0 amide bonds. The number of rotatable bonds is 4. The van der Waals surface area contributed by atoms with Crippen molar-refractivity contribution in [2.45, 2.75) is 4.90 Å². The van der Waals surface area contributed by atoms with Gasteiger partial charge in [-0.3, -0.25) is 10.1 Å². The highest BCUT2D eigenvalue weighted by Crippen LogP contribution is 2.31. The van der Waals surface area contributed by atoms with Crippen LogP contribution in [-0.2, 0) is 9.84 Å². The summed E-state index contributed by atoms with van der Waals surface area (Å²) in [6.07, 6.45) is 0. The van der Waals surface area contributed by atoms with Crippen molar-refractivity contribution in [3.05, 3.63) is 76.9 Å². The highest BCUT2D eigenvalue weighted by Gasteiger charge is 2.25. The van der Waals surface area contributed by atoms with Crippen LogP contribution in [0.5, 0.6) is 0 Å². The summed E-state index contributed by atoms with van der Waals surface area (Å²) in [5.74, 6) is 0. The van der Waals surface area contributed by atoms with Crippen LogP contribution in [0.2, 0.25) is 0 Å². The zero-order valence-corrected chi connectivity index (χ0v) is 11.2. The molecular formula is C14H11NO4S. The minimum absolute atomic E-state index is 0.00125. The molecule has 0 aliphatic carbocycles. The summed E-state index contributed by atoms with van der Waals surface area (Å²) in [7, 11) is -3.85. The zero-order valence-electron chi connectivity index (χ0n) is 10.4. The largest absolute Gasteiger partial charge is 0.277 e. The van der Waals surface area contributed by atoms with Gasteiger partial charge >= 0.3 is 0 Å². The lowest BCUT2D eigenvalue weighted by atomic mass is 10.2. The lowest BCUT2D eigenvalue weighted by Gasteiger charge is -2.08. The molecule has 0 bridgehead atoms. The van der Waals surface area contributed by atoms with Gasteiger partial charge in [-0.25, -0.2) is 8.42 Å². The van der Waals surface area contributed by atoms with Crippen molar-refractivity contribution < 1.29 is 13.3 Å². The van der Waals surface area contributed by atoms with Crippen molar-refractivity contribution in [3.63, 3.8) is 0 Å². The molecule has 0 aliphatic rings. The SMILES string of the molecule is C=C(c1ccccc1[N+](=O)[O-])S(=O)(=O)c1ccccc1. The number of hydrogen-bond acceptors (Lipinski definition) is 4. The summed E-state index contributed by atoms with van der Waals surface area (Å²) in [6, 6.07) is 13.3. The number of para-hydroxylation sites is 1. The second-order valence-corrected chi connectivity index (χ2v) is 5.99. The first kappa shape index (κ1) is 14.0. The van der Waals surface area contributed by atoms with Crippen molar-refractivity contribution in [2.24, 2.45) is 0 Å². The first-order valence-corrected chi connectivity index (χ1v) is 7.16. The summed E-state index contributed by atoms with van der Waals surface area (Å²) >= 11 is 0. The molecule has 102 valence electrons. The molecule has 0 spiro atoms. The third-order valence-corrected chi connectivity index (χ3v) is 4.54. The molecule has 2 rings (SSSR count). The van der Waals surface area contributed by atoms with Gasteiger partial charge in [0.05, 0.1) is 20.3 Å². The maximum absolute atomic E-state index is 12.4. The number of hydrogen-bond donors (Lipinski definition) is 0. The van der Waals surface area contributed by atoms with Crippen molar-refractivity contribution in [3.8, 4) is 0 Å². The zero-order chi connectivity index (χ0) is 14.8. The molecule has 6 heteroatoms. The molecule has 0 heterocycles. The van der Waals surface area contributed by atoms with E-state index in [0.717, 1.165) is 0 Å². The molecule has 0 saturated carbocycles. The van der Waals surface area contributed by atoms with Gasteiger partial charge in [-0.1, -0.05) is 36.9 Å². The summed E-state index contributed by atoms with van der Waals surface area (Å²) in [5, 5.41) is 11.0. The lowest BCUT2D eigenvalue weighted by Crippen LogP contribution is -2.05. The number of benzene rings is 2. The number of sulfone groups is 1. The molecule has 0 unspecified atom stereocenters. The molecular weight excluding hydrogens is 278 g/mol. The molecule has 0 aromatic heterocycles. The Morgan fingerprint density at radius 2 is 1.55 bits per heavy atom. The van der Waals surface area contributed by atoms with Gasteiger partial charge in [0.15, 0.2) is 0 Å². The number of nitro groups is 1. The summed E-state index contributed by atoms with van der Waals surface area (Å²) in [6.45, 7) is 3.52. The Morgan fingerprint density at radius 3 is 2.15 bits per heavy atom. The van der Waals surface area contributed by atoms with Crippen LogP contribution < -0.4 is 0 Å². The van der Waals surface area contributed by atoms with Crippen LogP contribution in [0.25, 0.3) is 4.91 Å². The first-order chi connectivity index (χ1) is 9.44. The highest BCUT2D eigenvalue weighted by molar-refractivity contribution is 8.00. The van der Waals surface area contributed by atoms with Gasteiger partial charge in [0.1, 0.15) is 0 Å². The smallest absolute Gasteiger partial charge is 0.258 e. The van der Waals surface area contributed by atoms with E-state index in [1.807, 2.05) is 0 Å². The summed E-state index contributed by atoms with van der Waals surface area (Å²) in [5.41, 5.74) is -0.279. The van der Waals surface area contributed by atoms with E-state index in [1.165, 1.54) is 36.4 Å². The third-order valence-electron chi connectivity index (χ3n) is 2.78. The van der Waals surface area contributed by atoms with Crippen molar-refractivity contribution in [2.75, 3.05) is 0 Å². The van der Waals surface area contributed by atoms with E-state index in [4.69, 9.17) is 0 Å². The van der Waals surface area contributed by atoms with Crippen LogP contribution in [-0.4, -0.2) is 13.3 Å². The van der Waals surface area contributed by atoms with Gasteiger partial charge in [-0.05, 0) is 18.2 Å². The fourth-order valence-electron chi connectivity index (χ4n) is 1.76. The van der Waals surface area contributed by atoms with E-state index in [1.54, 1.807) is 18.2 Å². The predicted molar refractivity (Wildman–Crippen MR) is 75.8 cm³/mol. The Kier molecular flexibility index (Phi) is 3.67. The molecule has 0 radical (unpaired) electrons. The van der Waals surface area contributed by atoms with Gasteiger partial charge in [-0.15, -0.1) is 0 Å². The highest BCUT2D eigenvalue weighted by atomic mass is 32.2. The maximum atomic E-state index is 12.4. The van der Waals surface area contributed by atoms with Gasteiger partial charge in [-0.2, -0.15) is 0 Å². The lowest BCUT2D eigenvalue weighted by molar-refractivity contribution is -0.385. The average Bonchev–Trinajstić information content (AvgIpc) is 2.47. The van der Waals surface area contributed by atoms with Crippen LogP contribution in [0.15, 0.2) is 66.1 Å². The topological polar surface area (TPSA) is 77.3 Å². The Bertz CT molecular complexity index is 767. The van der Waals surface area contributed by atoms with E-state index in [0.29, 0.717) is 0 Å². The van der Waals surface area contributed by atoms with Crippen LogP contribution in [0.1, 0.15) is 5.56 Å². The predicted octanol–water partition coefficient (Wildman–Crippen LogP) is 3.04. The molecule has 5 nitrogen and oxygen atoms in total. The van der Waals surface area contributed by atoms with Crippen LogP contribution in [0, 0.1) is 10.1 Å². The van der Waals surface area contributed by atoms with Gasteiger partial charge in [0.2, 0.25) is 9.84 Å². The monoisotopic (exact) mass is 289 g/mol. The van der Waals surface area contributed by atoms with E-state index < -0.39 is 14.8 Å². The molecule has 0 N–H and O–H groups in total. The van der Waals surface area contributed by atoms with Crippen molar-refractivity contribution in [1.82, 2.24) is 0 Å². The Hall–Kier alpha value is -2.47. The molecule has 2 aromatic rings. The van der Waals surface area contributed by atoms with E-state index in [2.05, 4.69) is 6.58 Å². The van der Waals surface area contributed by atoms with Crippen molar-refractivity contribution >= 4 is 20.4 Å². The van der Waals surface area contributed by atoms with E-state index in [9.17, 15) is 18.5 Å². The summed E-state index contributed by atoms with van der Waals surface area (Å²) < 4.78 is 24.8. The van der Waals surface area contributed by atoms with Gasteiger partial charge in [0.25, 0.3) is 5.69 Å². The fourth-order valence-corrected chi connectivity index (χ4v) is 3.02. The molecule has 0 saturated heterocycles. The summed E-state index contributed by atoms with van der Waals surface area (Å²) in [4.78, 5) is 10.1. The van der Waals surface area contributed by atoms with E-state index in [-0.39, 0.29) is 21.1 Å². The molecule has 0 atom stereocenters. The second-order valence-electron chi connectivity index (χ2n) is 4.01. The minimum Gasteiger partial charge on any atom is -0.258 e. The first-order valence-electron chi connectivity index (χ1n) is 5.67. The third kappa shape index (κ3) is 2.46. The number of nitro benzene ring substituents is 1. The fraction of sp³-hybridized carbons (Fsp3) is 0. The number of nitrogens with zero attached hydrogens (tertiary/aromatic N) is 1. The van der Waals surface area contributed by atoms with Gasteiger partial charge in [0, 0.05) is 6.07 Å². The molecule has 0 aliphatic heterocycles.